The molecule has 35 heavy (non-hydrogen) atoms. The van der Waals surface area contributed by atoms with Crippen molar-refractivity contribution in [3.63, 3.8) is 0 Å². The van der Waals surface area contributed by atoms with Gasteiger partial charge in [-0.25, -0.2) is 4.39 Å². The molecule has 0 bridgehead atoms. The lowest BCUT2D eigenvalue weighted by atomic mass is 9.92. The number of hydrogen-bond acceptors (Lipinski definition) is 6. The average Bonchev–Trinajstić information content (AvgIpc) is 3.35. The number of amides is 1. The van der Waals surface area contributed by atoms with E-state index in [4.69, 9.17) is 9.47 Å². The number of aliphatic hydroxyl groups excluding tert-OH is 1. The largest absolute Gasteiger partial charge is 0.456 e. The van der Waals surface area contributed by atoms with Gasteiger partial charge in [-0.05, 0) is 62.6 Å². The number of nitrogens with zero attached hydrogens (tertiary/aromatic N) is 3. The van der Waals surface area contributed by atoms with E-state index in [1.165, 1.54) is 19.2 Å². The predicted molar refractivity (Wildman–Crippen MR) is 129 cm³/mol. The van der Waals surface area contributed by atoms with Crippen LogP contribution in [0.3, 0.4) is 0 Å². The maximum atomic E-state index is 13.5. The SMILES string of the molecule is COC(O)N1c2ccc(-c3cnn(C4CCNC(=O)C4)c3)c(Oc3ccc(F)cc3)c2CC[C@@H]1C. The van der Waals surface area contributed by atoms with Crippen LogP contribution in [0.25, 0.3) is 11.1 Å². The summed E-state index contributed by atoms with van der Waals surface area (Å²) in [5.74, 6) is 0.831. The first-order valence-corrected chi connectivity index (χ1v) is 11.8. The number of aliphatic hydroxyl groups is 1. The van der Waals surface area contributed by atoms with E-state index in [0.717, 1.165) is 41.6 Å². The highest BCUT2D eigenvalue weighted by Crippen LogP contribution is 2.45. The summed E-state index contributed by atoms with van der Waals surface area (Å²) in [4.78, 5) is 13.7. The second-order valence-electron chi connectivity index (χ2n) is 9.06. The van der Waals surface area contributed by atoms with Crippen molar-refractivity contribution in [2.75, 3.05) is 18.6 Å². The number of rotatable bonds is 6. The zero-order valence-corrected chi connectivity index (χ0v) is 19.8. The number of carbonyl (C=O) groups excluding carboxylic acids is 1. The van der Waals surface area contributed by atoms with Crippen LogP contribution in [0.4, 0.5) is 10.1 Å². The number of benzene rings is 2. The molecule has 2 aromatic carbocycles. The molecule has 9 heteroatoms. The van der Waals surface area contributed by atoms with Crippen LogP contribution in [-0.2, 0) is 16.0 Å². The normalized spacial score (nSPS) is 20.8. The van der Waals surface area contributed by atoms with E-state index >= 15 is 0 Å². The Morgan fingerprint density at radius 2 is 2.00 bits per heavy atom. The summed E-state index contributed by atoms with van der Waals surface area (Å²) < 4.78 is 27.0. The van der Waals surface area contributed by atoms with Gasteiger partial charge >= 0.3 is 0 Å². The molecule has 1 amide bonds. The molecule has 0 saturated carbocycles. The lowest BCUT2D eigenvalue weighted by Crippen LogP contribution is -2.46. The van der Waals surface area contributed by atoms with Gasteiger partial charge in [0.15, 0.2) is 0 Å². The molecule has 0 radical (unpaired) electrons. The molecule has 5 rings (SSSR count). The van der Waals surface area contributed by atoms with Crippen molar-refractivity contribution in [3.8, 4) is 22.6 Å². The monoisotopic (exact) mass is 480 g/mol. The lowest BCUT2D eigenvalue weighted by Gasteiger charge is -2.40. The minimum atomic E-state index is -1.09. The van der Waals surface area contributed by atoms with Gasteiger partial charge in [-0.3, -0.25) is 9.48 Å². The molecule has 0 spiro atoms. The molecule has 0 aliphatic carbocycles. The number of anilines is 1. The van der Waals surface area contributed by atoms with Crippen molar-refractivity contribution in [1.82, 2.24) is 15.1 Å². The summed E-state index contributed by atoms with van der Waals surface area (Å²) in [6.45, 7) is 2.68. The van der Waals surface area contributed by atoms with Gasteiger partial charge in [-0.2, -0.15) is 5.10 Å². The Hall–Kier alpha value is -3.43. The van der Waals surface area contributed by atoms with E-state index < -0.39 is 6.41 Å². The molecule has 1 aromatic heterocycles. The van der Waals surface area contributed by atoms with Crippen LogP contribution in [0.5, 0.6) is 11.5 Å². The standard InChI is InChI=1S/C26H29FN4O4/c1-16-3-8-22-23(31(16)26(33)34-2)10-9-21(25(22)35-20-6-4-18(27)5-7-20)17-14-29-30(15-17)19-11-12-28-24(32)13-19/h4-7,9-10,14-16,19,26,33H,3,8,11-13H2,1-2H3,(H,28,32)/t16-,19?,26?/m0/s1. The summed E-state index contributed by atoms with van der Waals surface area (Å²) in [5.41, 5.74) is 3.45. The van der Waals surface area contributed by atoms with Gasteiger partial charge < -0.3 is 24.8 Å². The van der Waals surface area contributed by atoms with E-state index in [-0.39, 0.29) is 23.8 Å². The van der Waals surface area contributed by atoms with Gasteiger partial charge in [-0.1, -0.05) is 0 Å². The van der Waals surface area contributed by atoms with E-state index in [0.29, 0.717) is 24.5 Å². The van der Waals surface area contributed by atoms with Crippen LogP contribution in [0.2, 0.25) is 0 Å². The molecule has 184 valence electrons. The Morgan fingerprint density at radius 3 is 2.74 bits per heavy atom. The van der Waals surface area contributed by atoms with Crippen LogP contribution in [0.15, 0.2) is 48.8 Å². The van der Waals surface area contributed by atoms with Crippen molar-refractivity contribution in [2.45, 2.75) is 51.1 Å². The minimum absolute atomic E-state index is 0.00443. The molecular formula is C26H29FN4O4. The number of ether oxygens (including phenoxy) is 2. The number of carbonyl (C=O) groups is 1. The van der Waals surface area contributed by atoms with Gasteiger partial charge in [0, 0.05) is 54.7 Å². The number of methoxy groups -OCH3 is 1. The fourth-order valence-electron chi connectivity index (χ4n) is 4.91. The third kappa shape index (κ3) is 4.61. The number of halogens is 1. The van der Waals surface area contributed by atoms with Gasteiger partial charge in [0.2, 0.25) is 12.3 Å². The van der Waals surface area contributed by atoms with Crippen LogP contribution in [0.1, 0.15) is 37.8 Å². The summed E-state index contributed by atoms with van der Waals surface area (Å²) in [6.07, 6.45) is 5.38. The van der Waals surface area contributed by atoms with Crippen LogP contribution >= 0.6 is 0 Å². The molecular weight excluding hydrogens is 451 g/mol. The zero-order chi connectivity index (χ0) is 24.5. The second-order valence-corrected chi connectivity index (χ2v) is 9.06. The van der Waals surface area contributed by atoms with Crippen LogP contribution in [-0.4, -0.2) is 46.9 Å². The Kier molecular flexibility index (Phi) is 6.44. The third-order valence-corrected chi connectivity index (χ3v) is 6.79. The molecule has 3 atom stereocenters. The fourth-order valence-corrected chi connectivity index (χ4v) is 4.91. The van der Waals surface area contributed by atoms with E-state index in [1.807, 2.05) is 34.8 Å². The van der Waals surface area contributed by atoms with Crippen molar-refractivity contribution < 1.29 is 23.8 Å². The van der Waals surface area contributed by atoms with Crippen molar-refractivity contribution >= 4 is 11.6 Å². The molecule has 2 aliphatic heterocycles. The molecule has 1 fully saturated rings. The Balaban J connectivity index is 1.58. The summed E-state index contributed by atoms with van der Waals surface area (Å²) in [7, 11) is 1.47. The molecule has 3 heterocycles. The van der Waals surface area contributed by atoms with Gasteiger partial charge in [0.05, 0.1) is 12.2 Å². The summed E-state index contributed by atoms with van der Waals surface area (Å²) in [5, 5.41) is 17.9. The Morgan fingerprint density at radius 1 is 1.20 bits per heavy atom. The first kappa shape index (κ1) is 23.3. The molecule has 2 aliphatic rings. The summed E-state index contributed by atoms with van der Waals surface area (Å²) >= 11 is 0. The van der Waals surface area contributed by atoms with E-state index in [2.05, 4.69) is 10.4 Å². The molecule has 3 aromatic rings. The first-order chi connectivity index (χ1) is 16.9. The number of aromatic nitrogens is 2. The van der Waals surface area contributed by atoms with Crippen LogP contribution < -0.4 is 15.0 Å². The Labute approximate surface area is 203 Å². The Bertz CT molecular complexity index is 1210. The molecule has 1 saturated heterocycles. The van der Waals surface area contributed by atoms with Crippen LogP contribution in [0, 0.1) is 5.82 Å². The number of hydrogen-bond donors (Lipinski definition) is 2. The highest BCUT2D eigenvalue weighted by molar-refractivity contribution is 5.79. The van der Waals surface area contributed by atoms with Crippen molar-refractivity contribution in [1.29, 1.82) is 0 Å². The van der Waals surface area contributed by atoms with Gasteiger partial charge in [0.1, 0.15) is 17.3 Å². The number of nitrogens with one attached hydrogen (secondary N) is 1. The molecule has 8 nitrogen and oxygen atoms in total. The van der Waals surface area contributed by atoms with Crippen molar-refractivity contribution in [3.05, 3.63) is 60.2 Å². The van der Waals surface area contributed by atoms with E-state index in [9.17, 15) is 14.3 Å². The lowest BCUT2D eigenvalue weighted by molar-refractivity contribution is -0.123. The zero-order valence-electron chi connectivity index (χ0n) is 19.8. The second kappa shape index (κ2) is 9.67. The topological polar surface area (TPSA) is 88.9 Å². The van der Waals surface area contributed by atoms with Crippen molar-refractivity contribution in [2.24, 2.45) is 0 Å². The highest BCUT2D eigenvalue weighted by atomic mass is 19.1. The fraction of sp³-hybridized carbons (Fsp3) is 0.385. The van der Waals surface area contributed by atoms with Gasteiger partial charge in [0.25, 0.3) is 0 Å². The maximum absolute atomic E-state index is 13.5. The number of fused-ring (bicyclic) bond motifs is 1. The molecule has 2 N–H and O–H groups in total. The first-order valence-electron chi connectivity index (χ1n) is 11.8. The highest BCUT2D eigenvalue weighted by Gasteiger charge is 2.32. The minimum Gasteiger partial charge on any atom is -0.456 e. The molecule has 2 unspecified atom stereocenters. The predicted octanol–water partition coefficient (Wildman–Crippen LogP) is 4.00. The van der Waals surface area contributed by atoms with E-state index in [1.54, 1.807) is 18.3 Å². The maximum Gasteiger partial charge on any atom is 0.237 e. The van der Waals surface area contributed by atoms with Gasteiger partial charge in [-0.15, -0.1) is 0 Å². The number of piperidine rings is 1. The average molecular weight is 481 g/mol. The summed E-state index contributed by atoms with van der Waals surface area (Å²) in [6, 6.07) is 9.89. The quantitative estimate of drug-likeness (QED) is 0.519. The smallest absolute Gasteiger partial charge is 0.237 e. The third-order valence-electron chi connectivity index (χ3n) is 6.79.